The second kappa shape index (κ2) is 5.61. The highest BCUT2D eigenvalue weighted by molar-refractivity contribution is 5.80. The smallest absolute Gasteiger partial charge is 0.220 e. The first-order chi connectivity index (χ1) is 11.3. The highest BCUT2D eigenvalue weighted by atomic mass is 16.3. The van der Waals surface area contributed by atoms with E-state index >= 15 is 0 Å². The van der Waals surface area contributed by atoms with Gasteiger partial charge in [0.15, 0.2) is 5.58 Å². The fourth-order valence-corrected chi connectivity index (χ4v) is 2.46. The summed E-state index contributed by atoms with van der Waals surface area (Å²) in [4.78, 5) is 4.52. The summed E-state index contributed by atoms with van der Waals surface area (Å²) in [6.07, 6.45) is 5.55. The van der Waals surface area contributed by atoms with Crippen molar-refractivity contribution < 1.29 is 8.83 Å². The van der Waals surface area contributed by atoms with Gasteiger partial charge in [-0.05, 0) is 48.9 Å². The number of aryl methyl sites for hydroxylation is 1. The number of hydrogen-bond acceptors (Lipinski definition) is 3. The molecule has 0 bridgehead atoms. The van der Waals surface area contributed by atoms with Crippen LogP contribution in [0.1, 0.15) is 17.0 Å². The molecular weight excluding hydrogens is 286 g/mol. The summed E-state index contributed by atoms with van der Waals surface area (Å²) < 4.78 is 11.2. The van der Waals surface area contributed by atoms with Crippen molar-refractivity contribution in [2.75, 3.05) is 0 Å². The third-order valence-electron chi connectivity index (χ3n) is 3.71. The Hall–Kier alpha value is -3.07. The number of hydrogen-bond donors (Lipinski definition) is 0. The Balaban J connectivity index is 1.65. The van der Waals surface area contributed by atoms with Crippen molar-refractivity contribution in [3.05, 3.63) is 77.9 Å². The van der Waals surface area contributed by atoms with Crippen LogP contribution in [0.15, 0.2) is 69.7 Å². The topological polar surface area (TPSA) is 39.2 Å². The van der Waals surface area contributed by atoms with Crippen LogP contribution in [0, 0.1) is 6.92 Å². The normalized spacial score (nSPS) is 11.5. The molecule has 2 heterocycles. The van der Waals surface area contributed by atoms with Gasteiger partial charge in [-0.1, -0.05) is 29.8 Å². The Morgan fingerprint density at radius 1 is 0.957 bits per heavy atom. The molecule has 23 heavy (non-hydrogen) atoms. The zero-order valence-corrected chi connectivity index (χ0v) is 12.7. The van der Waals surface area contributed by atoms with E-state index in [1.807, 2.05) is 42.5 Å². The number of furan rings is 1. The molecule has 0 aliphatic carbocycles. The lowest BCUT2D eigenvalue weighted by Crippen LogP contribution is -1.75. The average molecular weight is 301 g/mol. The molecule has 0 atom stereocenters. The van der Waals surface area contributed by atoms with Crippen molar-refractivity contribution in [1.82, 2.24) is 4.98 Å². The van der Waals surface area contributed by atoms with Crippen LogP contribution in [-0.4, -0.2) is 4.98 Å². The molecule has 0 amide bonds. The number of fused-ring (bicyclic) bond motifs is 1. The minimum absolute atomic E-state index is 0.595. The number of nitrogens with zero attached hydrogens (tertiary/aromatic N) is 1. The van der Waals surface area contributed by atoms with Gasteiger partial charge in [-0.15, -0.1) is 0 Å². The van der Waals surface area contributed by atoms with Gasteiger partial charge in [0.2, 0.25) is 5.89 Å². The number of benzene rings is 2. The summed E-state index contributed by atoms with van der Waals surface area (Å²) in [5, 5.41) is 0. The lowest BCUT2D eigenvalue weighted by Gasteiger charge is -1.94. The van der Waals surface area contributed by atoms with Crippen LogP contribution < -0.4 is 0 Å². The van der Waals surface area contributed by atoms with Crippen LogP contribution in [0.5, 0.6) is 0 Å². The summed E-state index contributed by atoms with van der Waals surface area (Å²) in [7, 11) is 0. The van der Waals surface area contributed by atoms with Gasteiger partial charge in [-0.3, -0.25) is 0 Å². The molecule has 112 valence electrons. The summed E-state index contributed by atoms with van der Waals surface area (Å²) >= 11 is 0. The highest BCUT2D eigenvalue weighted by Crippen LogP contribution is 2.25. The largest absolute Gasteiger partial charge is 0.464 e. The molecular formula is C20H15NO2. The van der Waals surface area contributed by atoms with Crippen LogP contribution in [0.25, 0.3) is 34.6 Å². The van der Waals surface area contributed by atoms with Crippen molar-refractivity contribution >= 4 is 23.3 Å². The van der Waals surface area contributed by atoms with Gasteiger partial charge in [0.25, 0.3) is 0 Å². The monoisotopic (exact) mass is 301 g/mol. The van der Waals surface area contributed by atoms with E-state index in [0.29, 0.717) is 5.89 Å². The van der Waals surface area contributed by atoms with E-state index in [2.05, 4.69) is 36.2 Å². The van der Waals surface area contributed by atoms with Crippen LogP contribution in [0.2, 0.25) is 0 Å². The molecule has 0 saturated heterocycles. The Kier molecular flexibility index (Phi) is 3.31. The van der Waals surface area contributed by atoms with Crippen LogP contribution in [0.3, 0.4) is 0 Å². The highest BCUT2D eigenvalue weighted by Gasteiger charge is 2.07. The molecule has 3 nitrogen and oxygen atoms in total. The minimum Gasteiger partial charge on any atom is -0.464 e. The van der Waals surface area contributed by atoms with E-state index in [0.717, 1.165) is 28.0 Å². The molecule has 4 rings (SSSR count). The maximum absolute atomic E-state index is 5.76. The van der Waals surface area contributed by atoms with E-state index < -0.39 is 0 Å². The van der Waals surface area contributed by atoms with Crippen molar-refractivity contribution in [1.29, 1.82) is 0 Å². The van der Waals surface area contributed by atoms with Gasteiger partial charge < -0.3 is 8.83 Å². The molecule has 3 heteroatoms. The van der Waals surface area contributed by atoms with Crippen molar-refractivity contribution in [3.8, 4) is 11.3 Å². The first-order valence-electron chi connectivity index (χ1n) is 7.47. The molecule has 0 unspecified atom stereocenters. The lowest BCUT2D eigenvalue weighted by molar-refractivity contribution is 0.582. The Labute approximate surface area is 133 Å². The fourth-order valence-electron chi connectivity index (χ4n) is 2.46. The van der Waals surface area contributed by atoms with Gasteiger partial charge >= 0.3 is 0 Å². The number of rotatable bonds is 3. The third kappa shape index (κ3) is 2.81. The van der Waals surface area contributed by atoms with Crippen molar-refractivity contribution in [2.45, 2.75) is 6.92 Å². The van der Waals surface area contributed by atoms with E-state index in [1.54, 1.807) is 6.26 Å². The van der Waals surface area contributed by atoms with E-state index in [-0.39, 0.29) is 0 Å². The fraction of sp³-hybridized carbons (Fsp3) is 0.0500. The van der Waals surface area contributed by atoms with E-state index in [1.165, 1.54) is 5.56 Å². The zero-order valence-electron chi connectivity index (χ0n) is 12.7. The second-order valence-electron chi connectivity index (χ2n) is 5.46. The van der Waals surface area contributed by atoms with Crippen molar-refractivity contribution in [3.63, 3.8) is 0 Å². The quantitative estimate of drug-likeness (QED) is 0.497. The predicted molar refractivity (Wildman–Crippen MR) is 91.8 cm³/mol. The summed E-state index contributed by atoms with van der Waals surface area (Å²) in [5.74, 6) is 1.42. The van der Waals surface area contributed by atoms with Crippen molar-refractivity contribution in [2.24, 2.45) is 0 Å². The lowest BCUT2D eigenvalue weighted by atomic mass is 10.1. The van der Waals surface area contributed by atoms with Gasteiger partial charge in [0.1, 0.15) is 11.3 Å². The Morgan fingerprint density at radius 3 is 2.61 bits per heavy atom. The molecule has 0 spiro atoms. The summed E-state index contributed by atoms with van der Waals surface area (Å²) in [6, 6.07) is 18.0. The maximum atomic E-state index is 5.76. The Bertz CT molecular complexity index is 961. The number of oxazole rings is 1. The van der Waals surface area contributed by atoms with Crippen LogP contribution >= 0.6 is 0 Å². The van der Waals surface area contributed by atoms with Gasteiger partial charge in [0, 0.05) is 11.6 Å². The maximum Gasteiger partial charge on any atom is 0.220 e. The molecule has 0 saturated carbocycles. The predicted octanol–water partition coefficient (Wildman–Crippen LogP) is 5.57. The zero-order chi connectivity index (χ0) is 15.6. The molecule has 2 aromatic heterocycles. The summed E-state index contributed by atoms with van der Waals surface area (Å²) in [6.45, 7) is 2.07. The third-order valence-corrected chi connectivity index (χ3v) is 3.71. The molecule has 0 aliphatic heterocycles. The number of aromatic nitrogens is 1. The molecule has 2 aromatic carbocycles. The van der Waals surface area contributed by atoms with Gasteiger partial charge in [-0.2, -0.15) is 0 Å². The Morgan fingerprint density at radius 2 is 1.83 bits per heavy atom. The molecule has 0 fully saturated rings. The summed E-state index contributed by atoms with van der Waals surface area (Å²) in [5.41, 5.74) is 4.94. The van der Waals surface area contributed by atoms with E-state index in [9.17, 15) is 0 Å². The molecule has 0 aliphatic rings. The standard InChI is InChI=1S/C20H15NO2/c1-14-4-6-15(7-5-14)8-11-20-21-17-13-16(9-10-19(17)23-20)18-3-2-12-22-18/h2-13H,1H3/b11-8+. The van der Waals surface area contributed by atoms with E-state index in [4.69, 9.17) is 8.83 Å². The SMILES string of the molecule is Cc1ccc(/C=C/c2nc3cc(-c4ccco4)ccc3o2)cc1. The van der Waals surface area contributed by atoms with Gasteiger partial charge in [-0.25, -0.2) is 4.98 Å². The van der Waals surface area contributed by atoms with Crippen LogP contribution in [-0.2, 0) is 0 Å². The molecule has 0 radical (unpaired) electrons. The first-order valence-corrected chi connectivity index (χ1v) is 7.47. The second-order valence-corrected chi connectivity index (χ2v) is 5.46. The molecule has 0 N–H and O–H groups in total. The minimum atomic E-state index is 0.595. The molecule has 4 aromatic rings. The van der Waals surface area contributed by atoms with Gasteiger partial charge in [0.05, 0.1) is 6.26 Å². The first kappa shape index (κ1) is 13.6. The average Bonchev–Trinajstić information content (AvgIpc) is 3.23. The van der Waals surface area contributed by atoms with Crippen LogP contribution in [0.4, 0.5) is 0 Å².